The summed E-state index contributed by atoms with van der Waals surface area (Å²) in [5.41, 5.74) is 0.923. The molecule has 1 heterocycles. The number of anilines is 1. The van der Waals surface area contributed by atoms with Gasteiger partial charge in [-0.05, 0) is 5.92 Å². The third-order valence-corrected chi connectivity index (χ3v) is 3.48. The smallest absolute Gasteiger partial charge is 0.236 e. The van der Waals surface area contributed by atoms with Crippen molar-refractivity contribution in [2.45, 2.75) is 32.2 Å². The van der Waals surface area contributed by atoms with E-state index >= 15 is 0 Å². The molecule has 2 atom stereocenters. The molecular weight excluding hydrogens is 242 g/mol. The number of amides is 1. The van der Waals surface area contributed by atoms with E-state index in [1.807, 2.05) is 19.2 Å². The standard InChI is InChI=1S/C10H13N3O3S/c1-5(2)7-4-17-10(11-7)12-9(14)6-3-8(6)13(15)16/h4-6,8H,3H2,1-2H3,(H,11,12,14)/t6-,8+/m0/s1. The van der Waals surface area contributed by atoms with Crippen LogP contribution in [0.2, 0.25) is 0 Å². The highest BCUT2D eigenvalue weighted by Gasteiger charge is 2.53. The molecule has 0 unspecified atom stereocenters. The van der Waals surface area contributed by atoms with Crippen LogP contribution in [0, 0.1) is 16.0 Å². The van der Waals surface area contributed by atoms with Gasteiger partial charge in [-0.1, -0.05) is 13.8 Å². The largest absolute Gasteiger partial charge is 0.301 e. The van der Waals surface area contributed by atoms with Crippen molar-refractivity contribution in [3.05, 3.63) is 21.2 Å². The van der Waals surface area contributed by atoms with E-state index < -0.39 is 16.9 Å². The van der Waals surface area contributed by atoms with Crippen LogP contribution in [-0.4, -0.2) is 21.9 Å². The number of carbonyl (C=O) groups is 1. The third kappa shape index (κ3) is 2.60. The van der Waals surface area contributed by atoms with Crippen molar-refractivity contribution in [3.8, 4) is 0 Å². The molecule has 17 heavy (non-hydrogen) atoms. The maximum Gasteiger partial charge on any atom is 0.236 e. The van der Waals surface area contributed by atoms with Crippen LogP contribution in [0.3, 0.4) is 0 Å². The number of thiazole rings is 1. The van der Waals surface area contributed by atoms with Gasteiger partial charge in [-0.25, -0.2) is 4.98 Å². The average molecular weight is 255 g/mol. The molecule has 1 aromatic rings. The Morgan fingerprint density at radius 2 is 2.41 bits per heavy atom. The van der Waals surface area contributed by atoms with E-state index in [1.165, 1.54) is 11.3 Å². The molecule has 1 amide bonds. The zero-order valence-electron chi connectivity index (χ0n) is 9.54. The van der Waals surface area contributed by atoms with Crippen LogP contribution < -0.4 is 5.32 Å². The van der Waals surface area contributed by atoms with Crippen molar-refractivity contribution in [2.75, 3.05) is 5.32 Å². The fourth-order valence-electron chi connectivity index (χ4n) is 1.50. The summed E-state index contributed by atoms with van der Waals surface area (Å²) in [6.07, 6.45) is 0.335. The van der Waals surface area contributed by atoms with Gasteiger partial charge in [-0.15, -0.1) is 11.3 Å². The van der Waals surface area contributed by atoms with E-state index in [9.17, 15) is 14.9 Å². The monoisotopic (exact) mass is 255 g/mol. The quantitative estimate of drug-likeness (QED) is 0.657. The number of nitrogens with zero attached hydrogens (tertiary/aromatic N) is 2. The number of hydrogen-bond acceptors (Lipinski definition) is 5. The van der Waals surface area contributed by atoms with E-state index in [2.05, 4.69) is 10.3 Å². The van der Waals surface area contributed by atoms with E-state index in [0.29, 0.717) is 17.5 Å². The van der Waals surface area contributed by atoms with Crippen LogP contribution >= 0.6 is 11.3 Å². The fraction of sp³-hybridized carbons (Fsp3) is 0.600. The van der Waals surface area contributed by atoms with E-state index in [-0.39, 0.29) is 5.91 Å². The molecule has 1 aliphatic rings. The summed E-state index contributed by atoms with van der Waals surface area (Å²) in [5, 5.41) is 15.5. The van der Waals surface area contributed by atoms with Crippen molar-refractivity contribution in [1.82, 2.24) is 4.98 Å². The molecule has 0 radical (unpaired) electrons. The van der Waals surface area contributed by atoms with Gasteiger partial charge < -0.3 is 5.32 Å². The summed E-state index contributed by atoms with van der Waals surface area (Å²) in [6, 6.07) is -0.709. The van der Waals surface area contributed by atoms with Crippen molar-refractivity contribution < 1.29 is 9.72 Å². The van der Waals surface area contributed by atoms with Gasteiger partial charge in [0.15, 0.2) is 5.13 Å². The number of carbonyl (C=O) groups excluding carboxylic acids is 1. The zero-order chi connectivity index (χ0) is 12.6. The summed E-state index contributed by atoms with van der Waals surface area (Å²) in [7, 11) is 0. The Bertz CT molecular complexity index is 457. The lowest BCUT2D eigenvalue weighted by Gasteiger charge is -1.99. The molecular formula is C10H13N3O3S. The lowest BCUT2D eigenvalue weighted by atomic mass is 10.2. The highest BCUT2D eigenvalue weighted by Crippen LogP contribution is 2.34. The molecule has 0 bridgehead atoms. The van der Waals surface area contributed by atoms with Crippen LogP contribution in [0.5, 0.6) is 0 Å². The molecule has 0 aromatic carbocycles. The van der Waals surface area contributed by atoms with Gasteiger partial charge in [0.05, 0.1) is 5.69 Å². The van der Waals surface area contributed by atoms with Crippen molar-refractivity contribution >= 4 is 22.4 Å². The number of hydrogen-bond donors (Lipinski definition) is 1. The van der Waals surface area contributed by atoms with Gasteiger partial charge in [-0.2, -0.15) is 0 Å². The first kappa shape index (κ1) is 12.0. The minimum absolute atomic E-state index is 0.295. The van der Waals surface area contributed by atoms with E-state index in [4.69, 9.17) is 0 Å². The predicted molar refractivity (Wildman–Crippen MR) is 63.7 cm³/mol. The lowest BCUT2D eigenvalue weighted by molar-refractivity contribution is -0.497. The second-order valence-electron chi connectivity index (χ2n) is 4.42. The highest BCUT2D eigenvalue weighted by molar-refractivity contribution is 7.13. The van der Waals surface area contributed by atoms with Gasteiger partial charge in [-0.3, -0.25) is 14.9 Å². The maximum absolute atomic E-state index is 11.6. The number of aromatic nitrogens is 1. The van der Waals surface area contributed by atoms with Gasteiger partial charge in [0.1, 0.15) is 5.92 Å². The molecule has 0 aliphatic heterocycles. The highest BCUT2D eigenvalue weighted by atomic mass is 32.1. The fourth-order valence-corrected chi connectivity index (χ4v) is 2.38. The minimum Gasteiger partial charge on any atom is -0.301 e. The van der Waals surface area contributed by atoms with Crippen molar-refractivity contribution in [1.29, 1.82) is 0 Å². The van der Waals surface area contributed by atoms with Gasteiger partial charge in [0.2, 0.25) is 11.9 Å². The first-order valence-corrected chi connectivity index (χ1v) is 6.26. The Balaban J connectivity index is 1.93. The molecule has 7 heteroatoms. The summed E-state index contributed by atoms with van der Waals surface area (Å²) in [4.78, 5) is 25.9. The van der Waals surface area contributed by atoms with Crippen molar-refractivity contribution in [2.24, 2.45) is 5.92 Å². The first-order chi connectivity index (χ1) is 7.99. The second kappa shape index (κ2) is 4.40. The van der Waals surface area contributed by atoms with E-state index in [0.717, 1.165) is 5.69 Å². The Labute approximate surface area is 102 Å². The van der Waals surface area contributed by atoms with Gasteiger partial charge in [0.25, 0.3) is 0 Å². The van der Waals surface area contributed by atoms with Crippen LogP contribution in [0.15, 0.2) is 5.38 Å². The molecule has 1 fully saturated rings. The Morgan fingerprint density at radius 1 is 1.71 bits per heavy atom. The number of nitrogens with one attached hydrogen (secondary N) is 1. The number of rotatable bonds is 4. The first-order valence-electron chi connectivity index (χ1n) is 5.39. The Morgan fingerprint density at radius 3 is 2.88 bits per heavy atom. The molecule has 6 nitrogen and oxygen atoms in total. The maximum atomic E-state index is 11.6. The topological polar surface area (TPSA) is 85.1 Å². The lowest BCUT2D eigenvalue weighted by Crippen LogP contribution is -2.18. The number of nitro groups is 1. The van der Waals surface area contributed by atoms with Crippen LogP contribution in [0.25, 0.3) is 0 Å². The molecule has 1 saturated carbocycles. The Hall–Kier alpha value is -1.50. The summed E-state index contributed by atoms with van der Waals surface area (Å²) < 4.78 is 0. The normalized spacial score (nSPS) is 22.5. The molecule has 92 valence electrons. The third-order valence-electron chi connectivity index (χ3n) is 2.71. The van der Waals surface area contributed by atoms with E-state index in [1.54, 1.807) is 0 Å². The van der Waals surface area contributed by atoms with Gasteiger partial charge >= 0.3 is 0 Å². The second-order valence-corrected chi connectivity index (χ2v) is 5.27. The molecule has 0 spiro atoms. The summed E-state index contributed by atoms with van der Waals surface area (Å²) >= 11 is 1.35. The predicted octanol–water partition coefficient (Wildman–Crippen LogP) is 1.87. The molecule has 0 saturated heterocycles. The molecule has 1 N–H and O–H groups in total. The van der Waals surface area contributed by atoms with Crippen LogP contribution in [-0.2, 0) is 4.79 Å². The summed E-state index contributed by atoms with van der Waals surface area (Å²) in [5.74, 6) is -0.475. The Kier molecular flexibility index (Phi) is 3.10. The summed E-state index contributed by atoms with van der Waals surface area (Å²) in [6.45, 7) is 4.04. The molecule has 1 aromatic heterocycles. The molecule has 1 aliphatic carbocycles. The average Bonchev–Trinajstić information content (AvgIpc) is 2.93. The minimum atomic E-state index is -0.709. The van der Waals surface area contributed by atoms with Gasteiger partial charge in [0, 0.05) is 16.7 Å². The zero-order valence-corrected chi connectivity index (χ0v) is 10.4. The van der Waals surface area contributed by atoms with Crippen LogP contribution in [0.1, 0.15) is 31.9 Å². The van der Waals surface area contributed by atoms with Crippen molar-refractivity contribution in [3.63, 3.8) is 0 Å². The molecule has 2 rings (SSSR count). The SMILES string of the molecule is CC(C)c1csc(NC(=O)[C@H]2C[C@H]2[N+](=O)[O-])n1. The van der Waals surface area contributed by atoms with Crippen LogP contribution in [0.4, 0.5) is 5.13 Å².